The molecule has 0 radical (unpaired) electrons. The molecule has 1 N–H and O–H groups in total. The van der Waals surface area contributed by atoms with Gasteiger partial charge in [0.1, 0.15) is 5.58 Å². The molecule has 2 aromatic heterocycles. The van der Waals surface area contributed by atoms with Crippen molar-refractivity contribution >= 4 is 34.2 Å². The molecule has 0 fully saturated rings. The van der Waals surface area contributed by atoms with Crippen molar-refractivity contribution in [2.24, 2.45) is 0 Å². The van der Waals surface area contributed by atoms with E-state index in [2.05, 4.69) is 10.4 Å². The van der Waals surface area contributed by atoms with Gasteiger partial charge in [-0.15, -0.1) is 0 Å². The number of hydrogen-bond acceptors (Lipinski definition) is 6. The maximum atomic E-state index is 12.4. The summed E-state index contributed by atoms with van der Waals surface area (Å²) in [6, 6.07) is 13.2. The lowest BCUT2D eigenvalue weighted by Crippen LogP contribution is -2.14. The second-order valence-electron chi connectivity index (χ2n) is 5.54. The molecule has 27 heavy (non-hydrogen) atoms. The van der Waals surface area contributed by atoms with E-state index in [1.807, 2.05) is 0 Å². The normalized spacial score (nSPS) is 10.9. The molecule has 1 amide bonds. The molecular formula is C18H12ClN3O5. The highest BCUT2D eigenvalue weighted by molar-refractivity contribution is 6.31. The van der Waals surface area contributed by atoms with Crippen LogP contribution in [0.2, 0.25) is 5.02 Å². The Morgan fingerprint density at radius 3 is 2.63 bits per heavy atom. The number of nitrogens with one attached hydrogen (secondary N) is 1. The van der Waals surface area contributed by atoms with Crippen LogP contribution in [0.4, 0.5) is 5.69 Å². The van der Waals surface area contributed by atoms with Crippen molar-refractivity contribution in [3.05, 3.63) is 69.9 Å². The third-order valence-electron chi connectivity index (χ3n) is 3.78. The van der Waals surface area contributed by atoms with E-state index in [-0.39, 0.29) is 11.8 Å². The summed E-state index contributed by atoms with van der Waals surface area (Å²) in [7, 11) is 1.35. The summed E-state index contributed by atoms with van der Waals surface area (Å²) in [6.45, 7) is 0. The number of ether oxygens (including phenoxy) is 1. The molecule has 0 spiro atoms. The first-order chi connectivity index (χ1) is 13.0. The van der Waals surface area contributed by atoms with E-state index in [0.29, 0.717) is 22.0 Å². The minimum absolute atomic E-state index is 0.137. The molecule has 0 aliphatic carbocycles. The number of aromatic nitrogens is 2. The van der Waals surface area contributed by atoms with E-state index in [1.165, 1.54) is 7.11 Å². The van der Waals surface area contributed by atoms with Crippen molar-refractivity contribution in [3.63, 3.8) is 0 Å². The molecule has 2 heterocycles. The van der Waals surface area contributed by atoms with Gasteiger partial charge in [0, 0.05) is 16.1 Å². The van der Waals surface area contributed by atoms with E-state index >= 15 is 0 Å². The van der Waals surface area contributed by atoms with Crippen molar-refractivity contribution < 1.29 is 18.4 Å². The standard InChI is InChI=1S/C18H12ClN3O5/c1-25-17-21-22(18(24)27-17)13-5-3-12(4-6-13)20-16(23)15-9-10-8-11(19)2-7-14(10)26-15/h2-9H,1H3,(H,20,23). The second-order valence-corrected chi connectivity index (χ2v) is 5.98. The number of anilines is 1. The number of halogens is 1. The van der Waals surface area contributed by atoms with Crippen LogP contribution in [-0.2, 0) is 0 Å². The number of nitrogens with zero attached hydrogens (tertiary/aromatic N) is 2. The van der Waals surface area contributed by atoms with Gasteiger partial charge in [0.05, 0.1) is 12.8 Å². The lowest BCUT2D eigenvalue weighted by molar-refractivity contribution is 0.0998. The zero-order valence-electron chi connectivity index (χ0n) is 13.9. The second kappa shape index (κ2) is 6.65. The molecule has 2 aromatic carbocycles. The Hall–Kier alpha value is -3.52. The van der Waals surface area contributed by atoms with Crippen LogP contribution < -0.4 is 15.8 Å². The molecular weight excluding hydrogens is 374 g/mol. The predicted octanol–water partition coefficient (Wildman–Crippen LogP) is 3.49. The summed E-state index contributed by atoms with van der Waals surface area (Å²) < 4.78 is 16.1. The largest absolute Gasteiger partial charge is 0.452 e. The molecule has 4 aromatic rings. The van der Waals surface area contributed by atoms with Crippen LogP contribution >= 0.6 is 11.6 Å². The number of rotatable bonds is 4. The van der Waals surface area contributed by atoms with Crippen LogP contribution in [0, 0.1) is 0 Å². The summed E-state index contributed by atoms with van der Waals surface area (Å²) in [4.78, 5) is 24.1. The summed E-state index contributed by atoms with van der Waals surface area (Å²) in [5, 5.41) is 7.89. The van der Waals surface area contributed by atoms with Crippen LogP contribution in [0.25, 0.3) is 16.7 Å². The Labute approximate surface area is 156 Å². The Morgan fingerprint density at radius 2 is 1.93 bits per heavy atom. The van der Waals surface area contributed by atoms with Gasteiger partial charge in [0.25, 0.3) is 5.91 Å². The van der Waals surface area contributed by atoms with E-state index in [1.54, 1.807) is 48.5 Å². The van der Waals surface area contributed by atoms with E-state index in [0.717, 1.165) is 10.1 Å². The third-order valence-corrected chi connectivity index (χ3v) is 4.01. The molecule has 0 saturated carbocycles. The van der Waals surface area contributed by atoms with Crippen molar-refractivity contribution in [2.45, 2.75) is 0 Å². The predicted molar refractivity (Wildman–Crippen MR) is 97.8 cm³/mol. The number of carbonyl (C=O) groups is 1. The number of methoxy groups -OCH3 is 1. The van der Waals surface area contributed by atoms with Gasteiger partial charge in [-0.05, 0) is 48.5 Å². The zero-order chi connectivity index (χ0) is 19.0. The quantitative estimate of drug-likeness (QED) is 0.577. The monoisotopic (exact) mass is 385 g/mol. The Kier molecular flexibility index (Phi) is 4.17. The first-order valence-corrected chi connectivity index (χ1v) is 8.16. The van der Waals surface area contributed by atoms with Gasteiger partial charge < -0.3 is 18.9 Å². The number of amides is 1. The zero-order valence-corrected chi connectivity index (χ0v) is 14.7. The Morgan fingerprint density at radius 1 is 1.15 bits per heavy atom. The van der Waals surface area contributed by atoms with Crippen LogP contribution in [0.5, 0.6) is 6.08 Å². The molecule has 0 unspecified atom stereocenters. The summed E-state index contributed by atoms with van der Waals surface area (Å²) >= 11 is 5.94. The van der Waals surface area contributed by atoms with Crippen LogP contribution in [0.15, 0.2) is 62.2 Å². The molecule has 9 heteroatoms. The van der Waals surface area contributed by atoms with Crippen molar-refractivity contribution in [2.75, 3.05) is 12.4 Å². The van der Waals surface area contributed by atoms with Crippen molar-refractivity contribution in [1.82, 2.24) is 9.78 Å². The highest BCUT2D eigenvalue weighted by atomic mass is 35.5. The smallest absolute Gasteiger partial charge is 0.444 e. The van der Waals surface area contributed by atoms with E-state index in [9.17, 15) is 9.59 Å². The highest BCUT2D eigenvalue weighted by Crippen LogP contribution is 2.24. The van der Waals surface area contributed by atoms with Gasteiger partial charge in [-0.1, -0.05) is 16.7 Å². The number of furan rings is 1. The molecule has 136 valence electrons. The molecule has 0 aliphatic heterocycles. The SMILES string of the molecule is COc1nn(-c2ccc(NC(=O)c3cc4cc(Cl)ccc4o3)cc2)c(=O)o1. The van der Waals surface area contributed by atoms with Crippen LogP contribution in [0.3, 0.4) is 0 Å². The van der Waals surface area contributed by atoms with Gasteiger partial charge >= 0.3 is 11.8 Å². The van der Waals surface area contributed by atoms with E-state index < -0.39 is 11.7 Å². The van der Waals surface area contributed by atoms with Gasteiger partial charge in [-0.2, -0.15) is 4.68 Å². The first-order valence-electron chi connectivity index (χ1n) is 7.78. The maximum absolute atomic E-state index is 12.4. The van der Waals surface area contributed by atoms with Gasteiger partial charge in [-0.25, -0.2) is 4.79 Å². The van der Waals surface area contributed by atoms with Gasteiger partial charge in [0.2, 0.25) is 0 Å². The highest BCUT2D eigenvalue weighted by Gasteiger charge is 2.14. The maximum Gasteiger partial charge on any atom is 0.444 e. The molecule has 0 atom stereocenters. The molecule has 4 rings (SSSR count). The van der Waals surface area contributed by atoms with Crippen LogP contribution in [-0.4, -0.2) is 22.8 Å². The van der Waals surface area contributed by atoms with Crippen molar-refractivity contribution in [1.29, 1.82) is 0 Å². The van der Waals surface area contributed by atoms with Crippen LogP contribution in [0.1, 0.15) is 10.6 Å². The van der Waals surface area contributed by atoms with Crippen molar-refractivity contribution in [3.8, 4) is 11.8 Å². The third kappa shape index (κ3) is 3.30. The Bertz CT molecular complexity index is 1190. The average molecular weight is 386 g/mol. The van der Waals surface area contributed by atoms with Gasteiger partial charge in [-0.3, -0.25) is 4.79 Å². The molecule has 8 nitrogen and oxygen atoms in total. The topological polar surface area (TPSA) is 99.5 Å². The number of carbonyl (C=O) groups excluding carboxylic acids is 1. The number of hydrogen-bond donors (Lipinski definition) is 1. The fourth-order valence-electron chi connectivity index (χ4n) is 2.51. The minimum Gasteiger partial charge on any atom is -0.452 e. The fourth-order valence-corrected chi connectivity index (χ4v) is 2.69. The first kappa shape index (κ1) is 16.9. The lowest BCUT2D eigenvalue weighted by Gasteiger charge is -2.04. The number of benzene rings is 2. The fraction of sp³-hybridized carbons (Fsp3) is 0.0556. The van der Waals surface area contributed by atoms with Gasteiger partial charge in [0.15, 0.2) is 5.76 Å². The average Bonchev–Trinajstić information content (AvgIpc) is 3.25. The lowest BCUT2D eigenvalue weighted by atomic mass is 10.2. The molecule has 0 aliphatic rings. The number of fused-ring (bicyclic) bond motifs is 1. The summed E-state index contributed by atoms with van der Waals surface area (Å²) in [5.74, 6) is -0.922. The van der Waals surface area contributed by atoms with E-state index in [4.69, 9.17) is 25.2 Å². The minimum atomic E-state index is -0.676. The Balaban J connectivity index is 1.54. The molecule has 0 saturated heterocycles. The summed E-state index contributed by atoms with van der Waals surface area (Å²) in [5.41, 5.74) is 1.55. The summed E-state index contributed by atoms with van der Waals surface area (Å²) in [6.07, 6.45) is -0.137. The molecule has 0 bridgehead atoms.